The van der Waals surface area contributed by atoms with Crippen molar-refractivity contribution in [3.8, 4) is 0 Å². The van der Waals surface area contributed by atoms with Crippen molar-refractivity contribution in [3.05, 3.63) is 48.5 Å². The number of sulfonamides is 1. The number of rotatable bonds is 7. The molecule has 3 rings (SSSR count). The fourth-order valence-corrected chi connectivity index (χ4v) is 4.53. The molecule has 0 spiro atoms. The van der Waals surface area contributed by atoms with Crippen LogP contribution >= 0.6 is 0 Å². The first-order chi connectivity index (χ1) is 12.5. The monoisotopic (exact) mass is 376 g/mol. The Morgan fingerprint density at radius 3 is 2.92 bits per heavy atom. The summed E-state index contributed by atoms with van der Waals surface area (Å²) in [5.74, 6) is -0.142. The van der Waals surface area contributed by atoms with E-state index in [0.29, 0.717) is 17.7 Å². The lowest BCUT2D eigenvalue weighted by atomic mass is 10.1. The fraction of sp³-hybridized carbons (Fsp3) is 0.444. The van der Waals surface area contributed by atoms with Crippen LogP contribution in [0.25, 0.3) is 0 Å². The highest BCUT2D eigenvalue weighted by Gasteiger charge is 2.29. The summed E-state index contributed by atoms with van der Waals surface area (Å²) in [6, 6.07) is 6.83. The summed E-state index contributed by atoms with van der Waals surface area (Å²) < 4.78 is 28.4. The van der Waals surface area contributed by atoms with Gasteiger partial charge in [0.25, 0.3) is 5.91 Å². The second-order valence-electron chi connectivity index (χ2n) is 6.59. The average molecular weight is 376 g/mol. The molecule has 26 heavy (non-hydrogen) atoms. The fourth-order valence-electron chi connectivity index (χ4n) is 3.41. The first-order valence-electron chi connectivity index (χ1n) is 8.87. The molecular formula is C18H24N4O3S. The number of benzene rings is 1. The van der Waals surface area contributed by atoms with Gasteiger partial charge in [-0.15, -0.1) is 0 Å². The Labute approximate surface area is 153 Å². The number of nitrogens with zero attached hydrogens (tertiary/aromatic N) is 2. The standard InChI is InChI=1S/C18H24N4O3S/c1-2-11-26(24,25)21-15-6-3-5-14(12-15)18(23)20-16-7-4-8-17(16)22-10-9-19-13-22/h3,5-6,9-10,12-13,16-17,21H,2,4,7-8,11H2,1H3,(H,20,23). The molecule has 2 unspecified atom stereocenters. The van der Waals surface area contributed by atoms with E-state index in [1.54, 1.807) is 43.7 Å². The Bertz CT molecular complexity index is 849. The lowest BCUT2D eigenvalue weighted by molar-refractivity contribution is 0.0929. The third-order valence-corrected chi connectivity index (χ3v) is 6.07. The summed E-state index contributed by atoms with van der Waals surface area (Å²) in [5, 5.41) is 3.08. The van der Waals surface area contributed by atoms with E-state index in [1.165, 1.54) is 0 Å². The Morgan fingerprint density at radius 2 is 2.19 bits per heavy atom. The van der Waals surface area contributed by atoms with Gasteiger partial charge in [-0.2, -0.15) is 0 Å². The zero-order chi connectivity index (χ0) is 18.6. The second-order valence-corrected chi connectivity index (χ2v) is 8.43. The van der Waals surface area contributed by atoms with E-state index >= 15 is 0 Å². The first kappa shape index (κ1) is 18.4. The van der Waals surface area contributed by atoms with E-state index in [4.69, 9.17) is 0 Å². The third-order valence-electron chi connectivity index (χ3n) is 4.57. The molecule has 2 N–H and O–H groups in total. The number of carbonyl (C=O) groups is 1. The molecule has 1 fully saturated rings. The van der Waals surface area contributed by atoms with Gasteiger partial charge in [-0.25, -0.2) is 13.4 Å². The van der Waals surface area contributed by atoms with Crippen molar-refractivity contribution < 1.29 is 13.2 Å². The van der Waals surface area contributed by atoms with E-state index in [9.17, 15) is 13.2 Å². The zero-order valence-corrected chi connectivity index (χ0v) is 15.6. The van der Waals surface area contributed by atoms with Gasteiger partial charge in [-0.05, 0) is 43.9 Å². The van der Waals surface area contributed by atoms with Gasteiger partial charge in [0.2, 0.25) is 10.0 Å². The predicted octanol–water partition coefficient (Wildman–Crippen LogP) is 2.56. The summed E-state index contributed by atoms with van der Waals surface area (Å²) in [6.07, 6.45) is 8.92. The number of hydrogen-bond acceptors (Lipinski definition) is 4. The largest absolute Gasteiger partial charge is 0.347 e. The molecule has 1 amide bonds. The topological polar surface area (TPSA) is 93.1 Å². The molecular weight excluding hydrogens is 352 g/mol. The molecule has 1 saturated carbocycles. The van der Waals surface area contributed by atoms with E-state index < -0.39 is 10.0 Å². The Morgan fingerprint density at radius 1 is 1.35 bits per heavy atom. The molecule has 0 radical (unpaired) electrons. The van der Waals surface area contributed by atoms with E-state index in [1.807, 2.05) is 10.8 Å². The van der Waals surface area contributed by atoms with Gasteiger partial charge in [-0.3, -0.25) is 9.52 Å². The van der Waals surface area contributed by atoms with Crippen molar-refractivity contribution in [3.63, 3.8) is 0 Å². The molecule has 7 nitrogen and oxygen atoms in total. The molecule has 0 saturated heterocycles. The zero-order valence-electron chi connectivity index (χ0n) is 14.8. The number of aromatic nitrogens is 2. The van der Waals surface area contributed by atoms with Gasteiger partial charge in [0.05, 0.1) is 18.1 Å². The van der Waals surface area contributed by atoms with Crippen molar-refractivity contribution >= 4 is 21.6 Å². The SMILES string of the molecule is CCCS(=O)(=O)Nc1cccc(C(=O)NC2CCCC2n2ccnc2)c1. The minimum absolute atomic E-state index is 0.0390. The van der Waals surface area contributed by atoms with Crippen molar-refractivity contribution in [1.29, 1.82) is 0 Å². The summed E-state index contributed by atoms with van der Waals surface area (Å²) >= 11 is 0. The van der Waals surface area contributed by atoms with Gasteiger partial charge in [0, 0.05) is 29.7 Å². The lowest BCUT2D eigenvalue weighted by Gasteiger charge is -2.22. The van der Waals surface area contributed by atoms with Crippen LogP contribution in [0.3, 0.4) is 0 Å². The maximum atomic E-state index is 12.6. The van der Waals surface area contributed by atoms with Crippen LogP contribution in [0.5, 0.6) is 0 Å². The number of amides is 1. The smallest absolute Gasteiger partial charge is 0.251 e. The van der Waals surface area contributed by atoms with Crippen LogP contribution in [0.4, 0.5) is 5.69 Å². The molecule has 1 aromatic heterocycles. The molecule has 0 bridgehead atoms. The van der Waals surface area contributed by atoms with Crippen molar-refractivity contribution in [1.82, 2.24) is 14.9 Å². The molecule has 140 valence electrons. The molecule has 1 aromatic carbocycles. The predicted molar refractivity (Wildman–Crippen MR) is 101 cm³/mol. The van der Waals surface area contributed by atoms with Crippen LogP contribution in [-0.2, 0) is 10.0 Å². The molecule has 8 heteroatoms. The maximum Gasteiger partial charge on any atom is 0.251 e. The van der Waals surface area contributed by atoms with E-state index in [0.717, 1.165) is 19.3 Å². The number of hydrogen-bond donors (Lipinski definition) is 2. The van der Waals surface area contributed by atoms with E-state index in [2.05, 4.69) is 15.0 Å². The quantitative estimate of drug-likeness (QED) is 0.777. The Kier molecular flexibility index (Phi) is 5.61. The first-order valence-corrected chi connectivity index (χ1v) is 10.5. The average Bonchev–Trinajstić information content (AvgIpc) is 3.25. The molecule has 0 aliphatic heterocycles. The van der Waals surface area contributed by atoms with Gasteiger partial charge >= 0.3 is 0 Å². The van der Waals surface area contributed by atoms with Crippen molar-refractivity contribution in [2.75, 3.05) is 10.5 Å². The summed E-state index contributed by atoms with van der Waals surface area (Å²) in [7, 11) is -3.38. The van der Waals surface area contributed by atoms with Gasteiger partial charge in [0.1, 0.15) is 0 Å². The molecule has 1 aliphatic carbocycles. The summed E-state index contributed by atoms with van der Waals surface area (Å²) in [4.78, 5) is 16.7. The van der Waals surface area contributed by atoms with Gasteiger partial charge < -0.3 is 9.88 Å². The number of imidazole rings is 1. The third kappa shape index (κ3) is 4.43. The van der Waals surface area contributed by atoms with Crippen LogP contribution in [0.15, 0.2) is 43.0 Å². The maximum absolute atomic E-state index is 12.6. The molecule has 2 atom stereocenters. The second kappa shape index (κ2) is 7.90. The molecule has 1 aliphatic rings. The van der Waals surface area contributed by atoms with Crippen LogP contribution in [0.1, 0.15) is 49.0 Å². The minimum atomic E-state index is -3.38. The summed E-state index contributed by atoms with van der Waals surface area (Å²) in [5.41, 5.74) is 0.849. The van der Waals surface area contributed by atoms with Crippen LogP contribution < -0.4 is 10.0 Å². The van der Waals surface area contributed by atoms with Crippen molar-refractivity contribution in [2.45, 2.75) is 44.7 Å². The Balaban J connectivity index is 1.69. The highest BCUT2D eigenvalue weighted by molar-refractivity contribution is 7.92. The number of carbonyl (C=O) groups excluding carboxylic acids is 1. The molecule has 1 heterocycles. The van der Waals surface area contributed by atoms with Crippen molar-refractivity contribution in [2.24, 2.45) is 0 Å². The lowest BCUT2D eigenvalue weighted by Crippen LogP contribution is -2.38. The Hall–Kier alpha value is -2.35. The highest BCUT2D eigenvalue weighted by Crippen LogP contribution is 2.30. The summed E-state index contributed by atoms with van der Waals surface area (Å²) in [6.45, 7) is 1.81. The van der Waals surface area contributed by atoms with Gasteiger partial charge in [0.15, 0.2) is 0 Å². The van der Waals surface area contributed by atoms with Crippen LogP contribution in [-0.4, -0.2) is 35.7 Å². The van der Waals surface area contributed by atoms with Gasteiger partial charge in [-0.1, -0.05) is 13.0 Å². The van der Waals surface area contributed by atoms with Crippen LogP contribution in [0.2, 0.25) is 0 Å². The highest BCUT2D eigenvalue weighted by atomic mass is 32.2. The van der Waals surface area contributed by atoms with E-state index in [-0.39, 0.29) is 23.7 Å². The van der Waals surface area contributed by atoms with Crippen LogP contribution in [0, 0.1) is 0 Å². The number of nitrogens with one attached hydrogen (secondary N) is 2. The number of anilines is 1. The minimum Gasteiger partial charge on any atom is -0.347 e. The normalized spacial score (nSPS) is 20.0. The molecule has 2 aromatic rings.